The van der Waals surface area contributed by atoms with Crippen LogP contribution < -0.4 is 0 Å². The minimum atomic E-state index is -3.78. The molecule has 0 radical (unpaired) electrons. The van der Waals surface area contributed by atoms with Crippen LogP contribution >= 0.6 is 11.6 Å². The molecule has 0 spiro atoms. The molecule has 2 aromatic rings. The molecule has 0 aromatic heterocycles. The van der Waals surface area contributed by atoms with Gasteiger partial charge in [-0.15, -0.1) is 0 Å². The van der Waals surface area contributed by atoms with Crippen LogP contribution in [0.1, 0.15) is 58.1 Å². The van der Waals surface area contributed by atoms with Crippen molar-refractivity contribution in [3.05, 3.63) is 70.3 Å². The first-order chi connectivity index (χ1) is 14.1. The van der Waals surface area contributed by atoms with Crippen molar-refractivity contribution in [2.45, 2.75) is 58.8 Å². The third-order valence-electron chi connectivity index (χ3n) is 6.20. The Kier molecular flexibility index (Phi) is 6.59. The molecule has 0 N–H and O–H groups in total. The van der Waals surface area contributed by atoms with Crippen LogP contribution in [0.15, 0.2) is 63.4 Å². The highest BCUT2D eigenvalue weighted by molar-refractivity contribution is 7.90. The Bertz CT molecular complexity index is 1080. The lowest BCUT2D eigenvalue weighted by molar-refractivity contribution is 0.420. The summed E-state index contributed by atoms with van der Waals surface area (Å²) in [5.41, 5.74) is 4.80. The zero-order chi connectivity index (χ0) is 22.1. The van der Waals surface area contributed by atoms with Gasteiger partial charge in [-0.2, -0.15) is 12.8 Å². The predicted octanol–water partition coefficient (Wildman–Crippen LogP) is 7.10. The second-order valence-corrected chi connectivity index (χ2v) is 10.7. The molecule has 3 rings (SSSR count). The molecular formula is C25H30ClNO2S. The summed E-state index contributed by atoms with van der Waals surface area (Å²) in [5.74, 6) is -0.0183. The van der Waals surface area contributed by atoms with Crippen molar-refractivity contribution in [2.24, 2.45) is 15.7 Å². The molecule has 30 heavy (non-hydrogen) atoms. The normalized spacial score (nSPS) is 20.2. The quantitative estimate of drug-likeness (QED) is 0.478. The number of aryl methyl sites for hydroxylation is 1. The summed E-state index contributed by atoms with van der Waals surface area (Å²) in [6, 6.07) is 14.7. The first-order valence-electron chi connectivity index (χ1n) is 10.5. The zero-order valence-electron chi connectivity index (χ0n) is 18.4. The van der Waals surface area contributed by atoms with Crippen molar-refractivity contribution in [1.29, 1.82) is 0 Å². The lowest BCUT2D eigenvalue weighted by Crippen LogP contribution is -2.23. The van der Waals surface area contributed by atoms with E-state index in [1.54, 1.807) is 12.1 Å². The summed E-state index contributed by atoms with van der Waals surface area (Å²) in [4.78, 5) is 0.236. The largest absolute Gasteiger partial charge is 0.282 e. The highest BCUT2D eigenvalue weighted by Crippen LogP contribution is 2.52. The summed E-state index contributed by atoms with van der Waals surface area (Å²) in [5, 5.41) is 0.689. The number of sulfonamides is 1. The molecule has 0 aliphatic heterocycles. The fourth-order valence-corrected chi connectivity index (χ4v) is 5.37. The number of hydrogen-bond donors (Lipinski definition) is 0. The molecule has 5 heteroatoms. The fraction of sp³-hybridized carbons (Fsp3) is 0.400. The van der Waals surface area contributed by atoms with Gasteiger partial charge in [0.15, 0.2) is 0 Å². The molecule has 0 amide bonds. The summed E-state index contributed by atoms with van der Waals surface area (Å²) in [6.07, 6.45) is 2.83. The number of unbranched alkanes of at least 4 members (excludes halogenated alkanes) is 1. The van der Waals surface area contributed by atoms with Crippen molar-refractivity contribution in [3.8, 4) is 0 Å². The van der Waals surface area contributed by atoms with E-state index in [1.165, 1.54) is 5.57 Å². The third kappa shape index (κ3) is 4.40. The van der Waals surface area contributed by atoms with Crippen LogP contribution in [-0.4, -0.2) is 14.1 Å². The molecule has 3 nitrogen and oxygen atoms in total. The summed E-state index contributed by atoms with van der Waals surface area (Å²) in [7, 11) is -3.78. The number of allylic oxidation sites excluding steroid dienone is 2. The van der Waals surface area contributed by atoms with Crippen LogP contribution in [0.5, 0.6) is 0 Å². The van der Waals surface area contributed by atoms with Gasteiger partial charge in [0.1, 0.15) is 0 Å². The third-order valence-corrected chi connectivity index (χ3v) is 7.76. The molecule has 0 saturated heterocycles. The Morgan fingerprint density at radius 2 is 1.63 bits per heavy atom. The summed E-state index contributed by atoms with van der Waals surface area (Å²) < 4.78 is 30.7. The highest BCUT2D eigenvalue weighted by atomic mass is 35.5. The Balaban J connectivity index is 2.20. The summed E-state index contributed by atoms with van der Waals surface area (Å²) in [6.45, 7) is 10.5. The number of halogens is 1. The Labute approximate surface area is 185 Å². The zero-order valence-corrected chi connectivity index (χ0v) is 19.9. The van der Waals surface area contributed by atoms with E-state index in [4.69, 9.17) is 11.6 Å². The monoisotopic (exact) mass is 443 g/mol. The van der Waals surface area contributed by atoms with Crippen LogP contribution in [-0.2, 0) is 10.0 Å². The van der Waals surface area contributed by atoms with Crippen molar-refractivity contribution >= 4 is 32.9 Å². The van der Waals surface area contributed by atoms with Crippen LogP contribution in [0, 0.1) is 18.3 Å². The van der Waals surface area contributed by atoms with Crippen LogP contribution in [0.2, 0.25) is 5.02 Å². The molecule has 1 atom stereocenters. The van der Waals surface area contributed by atoms with Gasteiger partial charge in [-0.3, -0.25) is 0 Å². The fourth-order valence-electron chi connectivity index (χ4n) is 4.13. The van der Waals surface area contributed by atoms with Crippen molar-refractivity contribution in [3.63, 3.8) is 0 Å². The van der Waals surface area contributed by atoms with E-state index in [1.807, 2.05) is 43.3 Å². The van der Waals surface area contributed by atoms with Gasteiger partial charge in [0.25, 0.3) is 10.0 Å². The van der Waals surface area contributed by atoms with Crippen molar-refractivity contribution < 1.29 is 8.42 Å². The summed E-state index contributed by atoms with van der Waals surface area (Å²) >= 11 is 6.11. The first-order valence-corrected chi connectivity index (χ1v) is 12.3. The minimum Gasteiger partial charge on any atom is -0.199 e. The Morgan fingerprint density at radius 3 is 2.20 bits per heavy atom. The van der Waals surface area contributed by atoms with E-state index in [9.17, 15) is 8.42 Å². The number of benzene rings is 2. The molecule has 160 valence electrons. The minimum absolute atomic E-state index is 0.0183. The first kappa shape index (κ1) is 22.8. The van der Waals surface area contributed by atoms with Gasteiger partial charge >= 0.3 is 0 Å². The van der Waals surface area contributed by atoms with Gasteiger partial charge in [0.2, 0.25) is 0 Å². The van der Waals surface area contributed by atoms with Crippen LogP contribution in [0.3, 0.4) is 0 Å². The van der Waals surface area contributed by atoms with E-state index in [0.29, 0.717) is 10.7 Å². The van der Waals surface area contributed by atoms with E-state index in [-0.39, 0.29) is 16.2 Å². The lowest BCUT2D eigenvalue weighted by atomic mass is 9.75. The van der Waals surface area contributed by atoms with E-state index >= 15 is 0 Å². The maximum absolute atomic E-state index is 13.1. The second-order valence-electron chi connectivity index (χ2n) is 8.67. The predicted molar refractivity (Wildman–Crippen MR) is 127 cm³/mol. The van der Waals surface area contributed by atoms with Gasteiger partial charge in [-0.25, -0.2) is 0 Å². The van der Waals surface area contributed by atoms with Gasteiger partial charge < -0.3 is 0 Å². The Hall–Kier alpha value is -1.91. The van der Waals surface area contributed by atoms with Crippen molar-refractivity contribution in [2.75, 3.05) is 0 Å². The molecule has 1 aliphatic carbocycles. The molecule has 0 heterocycles. The molecular weight excluding hydrogens is 414 g/mol. The lowest BCUT2D eigenvalue weighted by Gasteiger charge is -2.28. The second kappa shape index (κ2) is 8.68. The van der Waals surface area contributed by atoms with Gasteiger partial charge in [0.05, 0.1) is 10.6 Å². The number of hydrogen-bond acceptors (Lipinski definition) is 2. The number of rotatable bonds is 6. The molecule has 0 saturated carbocycles. The standard InChI is InChI=1S/C25H30ClNO2S/c1-6-7-8-22-23(19-11-13-20(26)14-12-19)25(4,5)18(3)24(22)27-30(28,29)21-15-9-17(2)10-16-21/h9-16,18H,6-8H2,1-5H3/b27-24-. The van der Waals surface area contributed by atoms with Gasteiger partial charge in [-0.05, 0) is 66.2 Å². The van der Waals surface area contributed by atoms with E-state index in [0.717, 1.165) is 36.0 Å². The molecule has 0 fully saturated rings. The smallest absolute Gasteiger partial charge is 0.199 e. The van der Waals surface area contributed by atoms with Crippen LogP contribution in [0.4, 0.5) is 0 Å². The maximum Gasteiger partial charge on any atom is 0.282 e. The molecule has 0 bridgehead atoms. The average Bonchev–Trinajstić information content (AvgIpc) is 2.87. The molecule has 1 aliphatic rings. The SMILES string of the molecule is CCCCC1=C(c2ccc(Cl)cc2)C(C)(C)C(C)/C1=N/S(=O)(=O)c1ccc(C)cc1. The molecule has 1 unspecified atom stereocenters. The van der Waals surface area contributed by atoms with Crippen LogP contribution in [0.25, 0.3) is 5.57 Å². The van der Waals surface area contributed by atoms with Crippen molar-refractivity contribution in [1.82, 2.24) is 0 Å². The topological polar surface area (TPSA) is 46.5 Å². The Morgan fingerprint density at radius 1 is 1.03 bits per heavy atom. The van der Waals surface area contributed by atoms with Gasteiger partial charge in [-0.1, -0.05) is 75.5 Å². The maximum atomic E-state index is 13.1. The van der Waals surface area contributed by atoms with Gasteiger partial charge in [0, 0.05) is 10.9 Å². The van der Waals surface area contributed by atoms with E-state index in [2.05, 4.69) is 32.1 Å². The number of nitrogens with zero attached hydrogens (tertiary/aromatic N) is 1. The molecule has 2 aromatic carbocycles. The highest BCUT2D eigenvalue weighted by Gasteiger charge is 2.44. The van der Waals surface area contributed by atoms with E-state index < -0.39 is 10.0 Å². The average molecular weight is 444 g/mol.